The Bertz CT molecular complexity index is 1120. The van der Waals surface area contributed by atoms with Gasteiger partial charge in [-0.25, -0.2) is 12.8 Å². The lowest BCUT2D eigenvalue weighted by Gasteiger charge is -2.31. The summed E-state index contributed by atoms with van der Waals surface area (Å²) in [6, 6.07) is 12.3. The van der Waals surface area contributed by atoms with Gasteiger partial charge in [0.2, 0.25) is 21.8 Å². The molecule has 0 aliphatic heterocycles. The number of anilines is 1. The zero-order chi connectivity index (χ0) is 26.9. The van der Waals surface area contributed by atoms with Crippen molar-refractivity contribution in [3.05, 3.63) is 65.5 Å². The second-order valence-electron chi connectivity index (χ2n) is 9.44. The Morgan fingerprint density at radius 2 is 1.69 bits per heavy atom. The van der Waals surface area contributed by atoms with E-state index in [0.29, 0.717) is 24.2 Å². The van der Waals surface area contributed by atoms with Crippen LogP contribution in [-0.2, 0) is 26.2 Å². The van der Waals surface area contributed by atoms with E-state index in [0.717, 1.165) is 11.8 Å². The summed E-state index contributed by atoms with van der Waals surface area (Å²) in [6.07, 6.45) is 1.90. The summed E-state index contributed by atoms with van der Waals surface area (Å²) in [5.41, 5.74) is 2.10. The lowest BCUT2D eigenvalue weighted by Crippen LogP contribution is -2.49. The molecule has 2 aromatic carbocycles. The Morgan fingerprint density at radius 3 is 2.25 bits per heavy atom. The summed E-state index contributed by atoms with van der Waals surface area (Å²) in [5, 5.41) is 2.90. The highest BCUT2D eigenvalue weighted by molar-refractivity contribution is 7.92. The van der Waals surface area contributed by atoms with E-state index >= 15 is 0 Å². The fourth-order valence-electron chi connectivity index (χ4n) is 3.95. The number of nitrogens with one attached hydrogen (secondary N) is 1. The molecule has 0 aliphatic carbocycles. The Balaban J connectivity index is 2.21. The maximum Gasteiger partial charge on any atom is 0.242 e. The lowest BCUT2D eigenvalue weighted by atomic mass is 10.1. The first kappa shape index (κ1) is 29.3. The number of hydrogen-bond acceptors (Lipinski definition) is 4. The van der Waals surface area contributed by atoms with Gasteiger partial charge in [0.05, 0.1) is 11.9 Å². The molecule has 0 spiro atoms. The standard InChI is InChI=1S/C27H38FN3O4S/c1-6-24(27(33)29-18-20(2)3)30(19-22-13-15-23(28)16-14-22)26(32)12-9-17-31(36(5,34)35)25-11-8-7-10-21(25)4/h7-8,10-11,13-16,20,24H,6,9,12,17-19H2,1-5H3,(H,29,33). The Hall–Kier alpha value is -2.94. The SMILES string of the molecule is CCC(C(=O)NCC(C)C)N(Cc1ccc(F)cc1)C(=O)CCCN(c1ccccc1C)S(C)(=O)=O. The van der Waals surface area contributed by atoms with Gasteiger partial charge < -0.3 is 10.2 Å². The van der Waals surface area contributed by atoms with E-state index in [1.54, 1.807) is 24.3 Å². The third-order valence-corrected chi connectivity index (χ3v) is 7.05. The van der Waals surface area contributed by atoms with Crippen LogP contribution in [0.15, 0.2) is 48.5 Å². The van der Waals surface area contributed by atoms with E-state index in [2.05, 4.69) is 5.32 Å². The number of rotatable bonds is 13. The van der Waals surface area contributed by atoms with E-state index in [-0.39, 0.29) is 49.5 Å². The maximum absolute atomic E-state index is 13.4. The molecule has 7 nitrogen and oxygen atoms in total. The number of hydrogen-bond donors (Lipinski definition) is 1. The molecule has 0 fully saturated rings. The molecule has 1 unspecified atom stereocenters. The predicted octanol–water partition coefficient (Wildman–Crippen LogP) is 4.26. The average Bonchev–Trinajstić information content (AvgIpc) is 2.81. The van der Waals surface area contributed by atoms with Gasteiger partial charge in [-0.05, 0) is 55.0 Å². The third kappa shape index (κ3) is 8.62. The largest absolute Gasteiger partial charge is 0.354 e. The molecular weight excluding hydrogens is 481 g/mol. The number of para-hydroxylation sites is 1. The number of benzene rings is 2. The van der Waals surface area contributed by atoms with Crippen LogP contribution in [0.25, 0.3) is 0 Å². The number of carbonyl (C=O) groups excluding carboxylic acids is 2. The molecule has 0 bridgehead atoms. The van der Waals surface area contributed by atoms with Gasteiger partial charge in [-0.2, -0.15) is 0 Å². The highest BCUT2D eigenvalue weighted by Gasteiger charge is 2.29. The van der Waals surface area contributed by atoms with Crippen molar-refractivity contribution in [3.8, 4) is 0 Å². The zero-order valence-corrected chi connectivity index (χ0v) is 22.6. The maximum atomic E-state index is 13.4. The molecule has 2 amide bonds. The smallest absolute Gasteiger partial charge is 0.242 e. The molecule has 9 heteroatoms. The van der Waals surface area contributed by atoms with Crippen LogP contribution in [0.1, 0.15) is 51.2 Å². The normalized spacial score (nSPS) is 12.3. The van der Waals surface area contributed by atoms with E-state index in [1.807, 2.05) is 39.8 Å². The van der Waals surface area contributed by atoms with Crippen LogP contribution < -0.4 is 9.62 Å². The van der Waals surface area contributed by atoms with Crippen molar-refractivity contribution in [1.82, 2.24) is 10.2 Å². The summed E-state index contributed by atoms with van der Waals surface area (Å²) < 4.78 is 39.7. The Morgan fingerprint density at radius 1 is 1.06 bits per heavy atom. The van der Waals surface area contributed by atoms with Crippen LogP contribution in [0.3, 0.4) is 0 Å². The summed E-state index contributed by atoms with van der Waals surface area (Å²) in [5.74, 6) is -0.616. The van der Waals surface area contributed by atoms with Crippen LogP contribution in [0, 0.1) is 18.7 Å². The molecular formula is C27H38FN3O4S. The van der Waals surface area contributed by atoms with Crippen LogP contribution in [0.4, 0.5) is 10.1 Å². The molecule has 0 saturated heterocycles. The van der Waals surface area contributed by atoms with Crippen molar-refractivity contribution in [2.24, 2.45) is 5.92 Å². The number of carbonyl (C=O) groups is 2. The number of sulfonamides is 1. The minimum Gasteiger partial charge on any atom is -0.354 e. The Labute approximate surface area is 214 Å². The zero-order valence-electron chi connectivity index (χ0n) is 21.8. The first-order valence-corrected chi connectivity index (χ1v) is 14.1. The molecule has 0 saturated carbocycles. The third-order valence-electron chi connectivity index (χ3n) is 5.87. The van der Waals surface area contributed by atoms with Gasteiger partial charge in [0.1, 0.15) is 11.9 Å². The van der Waals surface area contributed by atoms with Crippen molar-refractivity contribution in [3.63, 3.8) is 0 Å². The van der Waals surface area contributed by atoms with Crippen molar-refractivity contribution in [1.29, 1.82) is 0 Å². The van der Waals surface area contributed by atoms with Crippen LogP contribution in [0.5, 0.6) is 0 Å². The van der Waals surface area contributed by atoms with Gasteiger partial charge in [-0.15, -0.1) is 0 Å². The van der Waals surface area contributed by atoms with Crippen LogP contribution in [-0.4, -0.2) is 50.5 Å². The summed E-state index contributed by atoms with van der Waals surface area (Å²) in [6.45, 7) is 8.44. The first-order chi connectivity index (χ1) is 16.9. The van der Waals surface area contributed by atoms with Crippen molar-refractivity contribution in [2.75, 3.05) is 23.7 Å². The minimum atomic E-state index is -3.55. The van der Waals surface area contributed by atoms with Gasteiger partial charge in [-0.1, -0.05) is 51.1 Å². The molecule has 0 aliphatic rings. The number of halogens is 1. The van der Waals surface area contributed by atoms with Gasteiger partial charge in [-0.3, -0.25) is 13.9 Å². The molecule has 0 radical (unpaired) electrons. The molecule has 0 aromatic heterocycles. The van der Waals surface area contributed by atoms with E-state index < -0.39 is 16.1 Å². The molecule has 0 heterocycles. The highest BCUT2D eigenvalue weighted by atomic mass is 32.2. The number of aryl methyl sites for hydroxylation is 1. The minimum absolute atomic E-state index is 0.0626. The Kier molecular flexibility index (Phi) is 10.9. The van der Waals surface area contributed by atoms with Crippen molar-refractivity contribution >= 4 is 27.5 Å². The van der Waals surface area contributed by atoms with E-state index in [9.17, 15) is 22.4 Å². The van der Waals surface area contributed by atoms with Crippen LogP contribution in [0.2, 0.25) is 0 Å². The van der Waals surface area contributed by atoms with Crippen molar-refractivity contribution < 1.29 is 22.4 Å². The van der Waals surface area contributed by atoms with Gasteiger partial charge in [0, 0.05) is 26.1 Å². The van der Waals surface area contributed by atoms with E-state index in [4.69, 9.17) is 0 Å². The highest BCUT2D eigenvalue weighted by Crippen LogP contribution is 2.23. The molecule has 1 atom stereocenters. The molecule has 198 valence electrons. The molecule has 36 heavy (non-hydrogen) atoms. The molecule has 2 rings (SSSR count). The van der Waals surface area contributed by atoms with Crippen molar-refractivity contribution in [2.45, 2.75) is 59.5 Å². The molecule has 1 N–H and O–H groups in total. The lowest BCUT2D eigenvalue weighted by molar-refractivity contribution is -0.141. The van der Waals surface area contributed by atoms with E-state index in [1.165, 1.54) is 21.3 Å². The fourth-order valence-corrected chi connectivity index (χ4v) is 4.98. The van der Waals surface area contributed by atoms with Gasteiger partial charge in [0.15, 0.2) is 0 Å². The monoisotopic (exact) mass is 519 g/mol. The summed E-state index contributed by atoms with van der Waals surface area (Å²) >= 11 is 0. The second-order valence-corrected chi connectivity index (χ2v) is 11.3. The first-order valence-electron chi connectivity index (χ1n) is 12.3. The predicted molar refractivity (Wildman–Crippen MR) is 141 cm³/mol. The van der Waals surface area contributed by atoms with Gasteiger partial charge in [0.25, 0.3) is 0 Å². The summed E-state index contributed by atoms with van der Waals surface area (Å²) in [7, 11) is -3.55. The summed E-state index contributed by atoms with van der Waals surface area (Å²) in [4.78, 5) is 27.9. The fraction of sp³-hybridized carbons (Fsp3) is 0.481. The second kappa shape index (κ2) is 13.4. The number of amides is 2. The van der Waals surface area contributed by atoms with Crippen LogP contribution >= 0.6 is 0 Å². The molecule has 2 aromatic rings. The quantitative estimate of drug-likeness (QED) is 0.428. The number of nitrogens with zero attached hydrogens (tertiary/aromatic N) is 2. The topological polar surface area (TPSA) is 86.8 Å². The van der Waals surface area contributed by atoms with Gasteiger partial charge >= 0.3 is 0 Å². The average molecular weight is 520 g/mol.